The summed E-state index contributed by atoms with van der Waals surface area (Å²) in [4.78, 5) is 17.2. The lowest BCUT2D eigenvalue weighted by Crippen LogP contribution is -2.22. The topological polar surface area (TPSA) is 62.7 Å². The summed E-state index contributed by atoms with van der Waals surface area (Å²) in [6.07, 6.45) is 4.27. The number of rotatable bonds is 6. The Labute approximate surface area is 135 Å². The monoisotopic (exact) mass is 312 g/mol. The van der Waals surface area contributed by atoms with Crippen LogP contribution in [-0.4, -0.2) is 34.0 Å². The summed E-state index contributed by atoms with van der Waals surface area (Å²) in [6, 6.07) is 11.8. The van der Waals surface area contributed by atoms with Gasteiger partial charge in [-0.1, -0.05) is 18.2 Å². The molecule has 23 heavy (non-hydrogen) atoms. The van der Waals surface area contributed by atoms with E-state index in [1.807, 2.05) is 36.4 Å². The zero-order valence-corrected chi connectivity index (χ0v) is 12.9. The number of likely N-dealkylation sites (tertiary alicyclic amines) is 1. The SMILES string of the molecule is O=C(O)C1CCN(Cc2ccc(OCc3cccnc3)cc2)C1. The van der Waals surface area contributed by atoms with Crippen LogP contribution >= 0.6 is 0 Å². The van der Waals surface area contributed by atoms with E-state index in [1.165, 1.54) is 5.56 Å². The Kier molecular flexibility index (Phi) is 4.88. The van der Waals surface area contributed by atoms with Crippen LogP contribution in [0.5, 0.6) is 5.75 Å². The Morgan fingerprint density at radius 2 is 2.09 bits per heavy atom. The van der Waals surface area contributed by atoms with Crippen molar-refractivity contribution in [3.8, 4) is 5.75 Å². The van der Waals surface area contributed by atoms with E-state index in [4.69, 9.17) is 9.84 Å². The van der Waals surface area contributed by atoms with Gasteiger partial charge in [0.25, 0.3) is 0 Å². The molecule has 1 atom stereocenters. The van der Waals surface area contributed by atoms with Crippen LogP contribution in [0.2, 0.25) is 0 Å². The number of carbonyl (C=O) groups is 1. The Hall–Kier alpha value is -2.40. The van der Waals surface area contributed by atoms with Gasteiger partial charge in [0.2, 0.25) is 0 Å². The van der Waals surface area contributed by atoms with Gasteiger partial charge in [0, 0.05) is 31.0 Å². The van der Waals surface area contributed by atoms with Crippen molar-refractivity contribution in [1.82, 2.24) is 9.88 Å². The molecule has 1 aliphatic heterocycles. The molecule has 5 nitrogen and oxygen atoms in total. The molecule has 2 heterocycles. The second-order valence-electron chi connectivity index (χ2n) is 5.85. The smallest absolute Gasteiger partial charge is 0.307 e. The molecule has 0 spiro atoms. The van der Waals surface area contributed by atoms with E-state index in [2.05, 4.69) is 9.88 Å². The van der Waals surface area contributed by atoms with Gasteiger partial charge < -0.3 is 9.84 Å². The molecule has 1 aromatic carbocycles. The molecule has 0 aliphatic carbocycles. The fourth-order valence-electron chi connectivity index (χ4n) is 2.78. The maximum Gasteiger partial charge on any atom is 0.307 e. The Bertz CT molecular complexity index is 643. The maximum absolute atomic E-state index is 11.0. The van der Waals surface area contributed by atoms with Gasteiger partial charge >= 0.3 is 5.97 Å². The first-order valence-corrected chi connectivity index (χ1v) is 7.76. The minimum absolute atomic E-state index is 0.225. The number of benzene rings is 1. The first kappa shape index (κ1) is 15.5. The number of pyridine rings is 1. The van der Waals surface area contributed by atoms with E-state index in [-0.39, 0.29) is 5.92 Å². The van der Waals surface area contributed by atoms with Crippen LogP contribution in [0, 0.1) is 5.92 Å². The molecule has 1 unspecified atom stereocenters. The summed E-state index contributed by atoms with van der Waals surface area (Å²) in [5.74, 6) is -0.0915. The molecule has 0 bridgehead atoms. The highest BCUT2D eigenvalue weighted by Gasteiger charge is 2.27. The quantitative estimate of drug-likeness (QED) is 0.888. The van der Waals surface area contributed by atoms with Crippen molar-refractivity contribution in [1.29, 1.82) is 0 Å². The molecule has 5 heteroatoms. The molecule has 1 N–H and O–H groups in total. The highest BCUT2D eigenvalue weighted by molar-refractivity contribution is 5.70. The summed E-state index contributed by atoms with van der Waals surface area (Å²) in [6.45, 7) is 2.76. The van der Waals surface area contributed by atoms with Crippen LogP contribution in [0.4, 0.5) is 0 Å². The van der Waals surface area contributed by atoms with Crippen LogP contribution in [0.1, 0.15) is 17.5 Å². The van der Waals surface area contributed by atoms with E-state index >= 15 is 0 Å². The molecule has 1 fully saturated rings. The summed E-state index contributed by atoms with van der Waals surface area (Å²) < 4.78 is 5.73. The average molecular weight is 312 g/mol. The number of carboxylic acid groups (broad SMARTS) is 1. The fraction of sp³-hybridized carbons (Fsp3) is 0.333. The average Bonchev–Trinajstić information content (AvgIpc) is 3.04. The number of aliphatic carboxylic acids is 1. The first-order valence-electron chi connectivity index (χ1n) is 7.76. The molecule has 0 radical (unpaired) electrons. The van der Waals surface area contributed by atoms with Crippen molar-refractivity contribution in [3.05, 3.63) is 59.9 Å². The Balaban J connectivity index is 1.50. The maximum atomic E-state index is 11.0. The van der Waals surface area contributed by atoms with Crippen molar-refractivity contribution < 1.29 is 14.6 Å². The van der Waals surface area contributed by atoms with Crippen LogP contribution < -0.4 is 4.74 Å². The lowest BCUT2D eigenvalue weighted by molar-refractivity contribution is -0.141. The second-order valence-corrected chi connectivity index (χ2v) is 5.85. The fourth-order valence-corrected chi connectivity index (χ4v) is 2.78. The van der Waals surface area contributed by atoms with E-state index in [1.54, 1.807) is 12.4 Å². The first-order chi connectivity index (χ1) is 11.2. The van der Waals surface area contributed by atoms with Crippen molar-refractivity contribution >= 4 is 5.97 Å². The molecule has 3 rings (SSSR count). The van der Waals surface area contributed by atoms with Crippen LogP contribution in [0.25, 0.3) is 0 Å². The number of hydrogen-bond donors (Lipinski definition) is 1. The Morgan fingerprint density at radius 1 is 1.26 bits per heavy atom. The lowest BCUT2D eigenvalue weighted by Gasteiger charge is -2.15. The van der Waals surface area contributed by atoms with E-state index < -0.39 is 5.97 Å². The molecular formula is C18H20N2O3. The molecule has 0 saturated carbocycles. The van der Waals surface area contributed by atoms with Crippen molar-refractivity contribution in [2.45, 2.75) is 19.6 Å². The molecule has 1 aliphatic rings. The van der Waals surface area contributed by atoms with Gasteiger partial charge in [0.05, 0.1) is 5.92 Å². The van der Waals surface area contributed by atoms with Gasteiger partial charge in [-0.25, -0.2) is 0 Å². The zero-order chi connectivity index (χ0) is 16.1. The van der Waals surface area contributed by atoms with E-state index in [9.17, 15) is 4.79 Å². The normalized spacial score (nSPS) is 18.0. The highest BCUT2D eigenvalue weighted by atomic mass is 16.5. The predicted octanol–water partition coefficient (Wildman–Crippen LogP) is 2.57. The second kappa shape index (κ2) is 7.24. The van der Waals surface area contributed by atoms with Gasteiger partial charge in [-0.3, -0.25) is 14.7 Å². The van der Waals surface area contributed by atoms with Gasteiger partial charge in [-0.15, -0.1) is 0 Å². The molecular weight excluding hydrogens is 292 g/mol. The number of ether oxygens (including phenoxy) is 1. The van der Waals surface area contributed by atoms with Gasteiger partial charge in [0.15, 0.2) is 0 Å². The number of carboxylic acids is 1. The molecule has 1 saturated heterocycles. The van der Waals surface area contributed by atoms with Crippen molar-refractivity contribution in [2.75, 3.05) is 13.1 Å². The van der Waals surface area contributed by atoms with E-state index in [0.717, 1.165) is 30.8 Å². The molecule has 120 valence electrons. The standard InChI is InChI=1S/C18H20N2O3/c21-18(22)16-7-9-20(12-16)11-14-3-5-17(6-4-14)23-13-15-2-1-8-19-10-15/h1-6,8,10,16H,7,9,11-13H2,(H,21,22). The van der Waals surface area contributed by atoms with Crippen LogP contribution in [0.15, 0.2) is 48.8 Å². The van der Waals surface area contributed by atoms with Gasteiger partial charge in [-0.05, 0) is 36.7 Å². The summed E-state index contributed by atoms with van der Waals surface area (Å²) >= 11 is 0. The van der Waals surface area contributed by atoms with Crippen molar-refractivity contribution in [3.63, 3.8) is 0 Å². The zero-order valence-electron chi connectivity index (χ0n) is 12.9. The lowest BCUT2D eigenvalue weighted by atomic mass is 10.1. The summed E-state index contributed by atoms with van der Waals surface area (Å²) in [5.41, 5.74) is 2.21. The highest BCUT2D eigenvalue weighted by Crippen LogP contribution is 2.20. The predicted molar refractivity (Wildman–Crippen MR) is 86.0 cm³/mol. The number of aromatic nitrogens is 1. The van der Waals surface area contributed by atoms with Crippen LogP contribution in [-0.2, 0) is 17.9 Å². The molecule has 0 amide bonds. The van der Waals surface area contributed by atoms with Gasteiger partial charge in [-0.2, -0.15) is 0 Å². The van der Waals surface area contributed by atoms with Crippen LogP contribution in [0.3, 0.4) is 0 Å². The minimum atomic E-state index is -0.688. The third-order valence-corrected chi connectivity index (χ3v) is 4.08. The van der Waals surface area contributed by atoms with E-state index in [0.29, 0.717) is 13.2 Å². The molecule has 2 aromatic rings. The third kappa shape index (κ3) is 4.29. The van der Waals surface area contributed by atoms with Crippen molar-refractivity contribution in [2.24, 2.45) is 5.92 Å². The van der Waals surface area contributed by atoms with Gasteiger partial charge in [0.1, 0.15) is 12.4 Å². The Morgan fingerprint density at radius 3 is 2.74 bits per heavy atom. The molecule has 1 aromatic heterocycles. The summed E-state index contributed by atoms with van der Waals surface area (Å²) in [5, 5.41) is 9.04. The summed E-state index contributed by atoms with van der Waals surface area (Å²) in [7, 11) is 0. The largest absolute Gasteiger partial charge is 0.489 e. The number of hydrogen-bond acceptors (Lipinski definition) is 4. The third-order valence-electron chi connectivity index (χ3n) is 4.08. The minimum Gasteiger partial charge on any atom is -0.489 e. The number of nitrogens with zero attached hydrogens (tertiary/aromatic N) is 2.